The predicted molar refractivity (Wildman–Crippen MR) is 123 cm³/mol. The van der Waals surface area contributed by atoms with Gasteiger partial charge in [-0.15, -0.1) is 0 Å². The third-order valence-corrected chi connectivity index (χ3v) is 5.93. The number of hydrogen-bond acceptors (Lipinski definition) is 5. The number of fused-ring (bicyclic) bond motifs is 1. The van der Waals surface area contributed by atoms with Gasteiger partial charge in [0.25, 0.3) is 5.92 Å². The average molecular weight is 469 g/mol. The van der Waals surface area contributed by atoms with Crippen molar-refractivity contribution in [2.24, 2.45) is 0 Å². The molecule has 1 aromatic carbocycles. The summed E-state index contributed by atoms with van der Waals surface area (Å²) in [5.74, 6) is -1.15. The average Bonchev–Trinajstić information content (AvgIpc) is 3.27. The number of alkyl halides is 2. The van der Waals surface area contributed by atoms with Crippen molar-refractivity contribution in [3.8, 4) is 11.5 Å². The molecular weight excluding hydrogens is 430 g/mol. The maximum atomic E-state index is 12.7. The summed E-state index contributed by atoms with van der Waals surface area (Å²) in [5.41, 5.74) is 1.13. The number of nitrogens with zero attached hydrogens (tertiary/aromatic N) is 1. The summed E-state index contributed by atoms with van der Waals surface area (Å²) in [6, 6.07) is 6.06. The Balaban J connectivity index is 1.40. The molecule has 33 heavy (non-hydrogen) atoms. The minimum atomic E-state index is -2.77. The molecule has 8 heteroatoms. The third-order valence-electron chi connectivity index (χ3n) is 5.93. The highest BCUT2D eigenvalue weighted by Crippen LogP contribution is 2.31. The van der Waals surface area contributed by atoms with Gasteiger partial charge in [0, 0.05) is 32.5 Å². The second kappa shape index (κ2) is 13.1. The Morgan fingerprint density at radius 1 is 1.12 bits per heavy atom. The third kappa shape index (κ3) is 9.84. The molecule has 1 saturated heterocycles. The van der Waals surface area contributed by atoms with E-state index in [1.54, 1.807) is 0 Å². The highest BCUT2D eigenvalue weighted by molar-refractivity contribution is 5.76. The first-order valence-corrected chi connectivity index (χ1v) is 12.2. The van der Waals surface area contributed by atoms with E-state index < -0.39 is 12.5 Å². The lowest BCUT2D eigenvalue weighted by Gasteiger charge is -2.25. The summed E-state index contributed by atoms with van der Waals surface area (Å²) in [5, 5.41) is 3.24. The van der Waals surface area contributed by atoms with Crippen LogP contribution in [0.5, 0.6) is 11.5 Å². The molecule has 0 aromatic heterocycles. The Kier molecular flexibility index (Phi) is 10.2. The van der Waals surface area contributed by atoms with Gasteiger partial charge >= 0.3 is 0 Å². The normalized spacial score (nSPS) is 17.2. The number of halogens is 2. The van der Waals surface area contributed by atoms with E-state index in [0.717, 1.165) is 75.7 Å². The molecule has 6 nitrogen and oxygen atoms in total. The molecule has 3 rings (SSSR count). The predicted octanol–water partition coefficient (Wildman–Crippen LogP) is 4.20. The van der Waals surface area contributed by atoms with Crippen LogP contribution in [0.1, 0.15) is 57.4 Å². The molecule has 1 fully saturated rings. The molecule has 0 radical (unpaired) electrons. The Morgan fingerprint density at radius 3 is 2.61 bits per heavy atom. The van der Waals surface area contributed by atoms with Crippen LogP contribution in [-0.2, 0) is 16.0 Å². The fourth-order valence-corrected chi connectivity index (χ4v) is 4.33. The summed E-state index contributed by atoms with van der Waals surface area (Å²) in [6.07, 6.45) is 6.93. The molecule has 186 valence electrons. The number of nitrogens with one attached hydrogen (secondary N) is 1. The van der Waals surface area contributed by atoms with Gasteiger partial charge in [0.05, 0.1) is 0 Å². The molecule has 0 unspecified atom stereocenters. The molecule has 1 aromatic rings. The molecule has 2 heterocycles. The van der Waals surface area contributed by atoms with Crippen molar-refractivity contribution in [2.45, 2.75) is 70.3 Å². The minimum absolute atomic E-state index is 0.0438. The maximum Gasteiger partial charge on any atom is 0.268 e. The van der Waals surface area contributed by atoms with Crippen LogP contribution in [0.15, 0.2) is 18.2 Å². The largest absolute Gasteiger partial charge is 0.486 e. The minimum Gasteiger partial charge on any atom is -0.486 e. The van der Waals surface area contributed by atoms with Crippen LogP contribution in [0.2, 0.25) is 0 Å². The molecule has 2 aliphatic heterocycles. The van der Waals surface area contributed by atoms with Gasteiger partial charge in [-0.1, -0.05) is 18.9 Å². The van der Waals surface area contributed by atoms with Gasteiger partial charge in [-0.05, 0) is 62.9 Å². The second-order valence-corrected chi connectivity index (χ2v) is 9.24. The van der Waals surface area contributed by atoms with E-state index >= 15 is 0 Å². The monoisotopic (exact) mass is 468 g/mol. The van der Waals surface area contributed by atoms with Gasteiger partial charge < -0.3 is 24.4 Å². The van der Waals surface area contributed by atoms with E-state index in [9.17, 15) is 13.6 Å². The number of rotatable bonds is 14. The summed E-state index contributed by atoms with van der Waals surface area (Å²) in [6.45, 7) is 4.80. The smallest absolute Gasteiger partial charge is 0.268 e. The van der Waals surface area contributed by atoms with E-state index in [1.165, 1.54) is 12.8 Å². The topological polar surface area (TPSA) is 60.0 Å². The Morgan fingerprint density at radius 2 is 1.85 bits per heavy atom. The lowest BCUT2D eigenvalue weighted by atomic mass is 10.0. The van der Waals surface area contributed by atoms with Gasteiger partial charge in [-0.25, -0.2) is 8.78 Å². The number of carbonyl (C=O) groups excluding carboxylic acids is 1. The molecule has 0 saturated carbocycles. The number of hydrogen-bond donors (Lipinski definition) is 1. The Bertz CT molecular complexity index is 736. The molecule has 2 aliphatic rings. The Hall–Kier alpha value is -1.93. The van der Waals surface area contributed by atoms with E-state index in [0.29, 0.717) is 26.2 Å². The van der Waals surface area contributed by atoms with Crippen molar-refractivity contribution in [1.29, 1.82) is 0 Å². The quantitative estimate of drug-likeness (QED) is 0.415. The van der Waals surface area contributed by atoms with Crippen molar-refractivity contribution < 1.29 is 27.8 Å². The molecule has 1 N–H and O–H groups in total. The summed E-state index contributed by atoms with van der Waals surface area (Å²) in [4.78, 5) is 15.0. The van der Waals surface area contributed by atoms with Crippen molar-refractivity contribution in [2.75, 3.05) is 46.1 Å². The molecule has 0 bridgehead atoms. The number of amides is 1. The van der Waals surface area contributed by atoms with E-state index in [1.807, 2.05) is 18.2 Å². The second-order valence-electron chi connectivity index (χ2n) is 9.24. The first-order valence-electron chi connectivity index (χ1n) is 12.2. The molecular formula is C25H38F2N2O4. The van der Waals surface area contributed by atoms with Crippen molar-refractivity contribution in [3.63, 3.8) is 0 Å². The molecule has 1 atom stereocenters. The fourth-order valence-electron chi connectivity index (χ4n) is 4.33. The van der Waals surface area contributed by atoms with Crippen LogP contribution in [-0.4, -0.2) is 68.8 Å². The number of benzene rings is 1. The highest BCUT2D eigenvalue weighted by Gasteiger charge is 2.22. The zero-order chi connectivity index (χ0) is 23.5. The van der Waals surface area contributed by atoms with Crippen LogP contribution in [0, 0.1) is 0 Å². The van der Waals surface area contributed by atoms with Crippen LogP contribution in [0.3, 0.4) is 0 Å². The fraction of sp³-hybridized carbons (Fsp3) is 0.720. The zero-order valence-electron chi connectivity index (χ0n) is 19.8. The van der Waals surface area contributed by atoms with Gasteiger partial charge in [-0.3, -0.25) is 4.79 Å². The molecule has 0 aliphatic carbocycles. The van der Waals surface area contributed by atoms with Gasteiger partial charge in [-0.2, -0.15) is 0 Å². The Labute approximate surface area is 195 Å². The van der Waals surface area contributed by atoms with E-state index in [4.69, 9.17) is 14.2 Å². The highest BCUT2D eigenvalue weighted by atomic mass is 19.3. The first kappa shape index (κ1) is 25.7. The number of carbonyl (C=O) groups is 1. The van der Waals surface area contributed by atoms with Crippen LogP contribution < -0.4 is 14.8 Å². The van der Waals surface area contributed by atoms with Crippen LogP contribution >= 0.6 is 0 Å². The summed E-state index contributed by atoms with van der Waals surface area (Å²) >= 11 is 0. The van der Waals surface area contributed by atoms with Crippen LogP contribution in [0.25, 0.3) is 0 Å². The maximum absolute atomic E-state index is 12.7. The van der Waals surface area contributed by atoms with Crippen molar-refractivity contribution in [1.82, 2.24) is 10.2 Å². The number of ether oxygens (including phenoxy) is 3. The SMILES string of the molecule is CC(F)(F)COCCCCCCC(=O)N[C@@H](Cc1ccc2c(c1)OCCO2)CN1CCCC1. The van der Waals surface area contributed by atoms with Gasteiger partial charge in [0.15, 0.2) is 11.5 Å². The van der Waals surface area contributed by atoms with E-state index in [-0.39, 0.29) is 11.9 Å². The van der Waals surface area contributed by atoms with Crippen molar-refractivity contribution in [3.05, 3.63) is 23.8 Å². The molecule has 0 spiro atoms. The van der Waals surface area contributed by atoms with Gasteiger partial charge in [0.2, 0.25) is 5.91 Å². The molecule has 1 amide bonds. The number of unbranched alkanes of at least 4 members (excludes halogenated alkanes) is 3. The summed E-state index contributed by atoms with van der Waals surface area (Å²) < 4.78 is 41.7. The standard InChI is InChI=1S/C25H38F2N2O4/c1-25(26,27)19-31-13-7-3-2-4-8-24(30)28-21(18-29-11-5-6-12-29)16-20-9-10-22-23(17-20)33-15-14-32-22/h9-10,17,21H,2-8,11-16,18-19H2,1H3,(H,28,30)/t21-/m0/s1. The van der Waals surface area contributed by atoms with Crippen molar-refractivity contribution >= 4 is 5.91 Å². The zero-order valence-corrected chi connectivity index (χ0v) is 19.8. The first-order chi connectivity index (χ1) is 15.9. The number of likely N-dealkylation sites (tertiary alicyclic amines) is 1. The lowest BCUT2D eigenvalue weighted by Crippen LogP contribution is -2.44. The van der Waals surface area contributed by atoms with E-state index in [2.05, 4.69) is 10.2 Å². The summed E-state index contributed by atoms with van der Waals surface area (Å²) in [7, 11) is 0. The van der Waals surface area contributed by atoms with Crippen LogP contribution in [0.4, 0.5) is 8.78 Å². The van der Waals surface area contributed by atoms with Gasteiger partial charge in [0.1, 0.15) is 19.8 Å². The lowest BCUT2D eigenvalue weighted by molar-refractivity contribution is -0.122.